The minimum absolute atomic E-state index is 0.0259. The molecule has 0 bridgehead atoms. The first-order chi connectivity index (χ1) is 9.49. The Morgan fingerprint density at radius 3 is 2.35 bits per heavy atom. The molecule has 0 aromatic rings. The minimum atomic E-state index is -0.0266. The van der Waals surface area contributed by atoms with Gasteiger partial charge < -0.3 is 5.11 Å². The van der Waals surface area contributed by atoms with Crippen LogP contribution in [0, 0.1) is 0 Å². The molecular weight excluding hydrogens is 328 g/mol. The van der Waals surface area contributed by atoms with Crippen LogP contribution in [0.2, 0.25) is 0 Å². The molecule has 1 fully saturated rings. The molecular formula is C15H15ClOS3. The van der Waals surface area contributed by atoms with E-state index < -0.39 is 0 Å². The molecule has 4 rings (SSSR count). The third kappa shape index (κ3) is 1.55. The second-order valence-electron chi connectivity index (χ2n) is 5.77. The summed E-state index contributed by atoms with van der Waals surface area (Å²) in [5.74, 6) is 2.18. The van der Waals surface area contributed by atoms with Crippen LogP contribution in [0.5, 0.6) is 0 Å². The van der Waals surface area contributed by atoms with Crippen LogP contribution in [0.4, 0.5) is 0 Å². The van der Waals surface area contributed by atoms with E-state index in [2.05, 4.69) is 26.0 Å². The Morgan fingerprint density at radius 1 is 1.10 bits per heavy atom. The molecule has 1 N–H and O–H groups in total. The van der Waals surface area contributed by atoms with E-state index in [1.54, 1.807) is 11.8 Å². The molecule has 0 radical (unpaired) electrons. The number of allylic oxidation sites excluding steroid dienone is 2. The Labute approximate surface area is 137 Å². The van der Waals surface area contributed by atoms with Gasteiger partial charge in [-0.05, 0) is 48.3 Å². The van der Waals surface area contributed by atoms with Crippen LogP contribution < -0.4 is 0 Å². The summed E-state index contributed by atoms with van der Waals surface area (Å²) in [5, 5.41) is 9.57. The van der Waals surface area contributed by atoms with Gasteiger partial charge in [-0.1, -0.05) is 11.6 Å². The smallest absolute Gasteiger partial charge is 0.0747 e. The van der Waals surface area contributed by atoms with Gasteiger partial charge in [0, 0.05) is 16.4 Å². The number of rotatable bonds is 1. The van der Waals surface area contributed by atoms with Gasteiger partial charge in [0.15, 0.2) is 0 Å². The van der Waals surface area contributed by atoms with Gasteiger partial charge in [-0.25, -0.2) is 0 Å². The van der Waals surface area contributed by atoms with E-state index in [0.29, 0.717) is 0 Å². The highest BCUT2D eigenvalue weighted by Crippen LogP contribution is 2.67. The van der Waals surface area contributed by atoms with Gasteiger partial charge in [-0.3, -0.25) is 0 Å². The van der Waals surface area contributed by atoms with Crippen molar-refractivity contribution in [3.05, 3.63) is 43.7 Å². The minimum Gasteiger partial charge on any atom is -0.391 e. The summed E-state index contributed by atoms with van der Waals surface area (Å²) in [5.41, 5.74) is 5.82. The number of aliphatic hydroxyl groups excluding tert-OH is 1. The summed E-state index contributed by atoms with van der Waals surface area (Å²) < 4.78 is 0.843. The maximum Gasteiger partial charge on any atom is 0.0747 e. The van der Waals surface area contributed by atoms with Crippen molar-refractivity contribution < 1.29 is 5.11 Å². The number of fused-ring (bicyclic) bond motifs is 4. The molecule has 3 heterocycles. The van der Waals surface area contributed by atoms with E-state index in [9.17, 15) is 5.11 Å². The Bertz CT molecular complexity index is 646. The summed E-state index contributed by atoms with van der Waals surface area (Å²) in [7, 11) is 0. The van der Waals surface area contributed by atoms with Gasteiger partial charge >= 0.3 is 0 Å². The first-order valence-electron chi connectivity index (χ1n) is 6.61. The molecule has 1 aliphatic carbocycles. The van der Waals surface area contributed by atoms with Crippen LogP contribution >= 0.6 is 46.9 Å². The zero-order valence-electron chi connectivity index (χ0n) is 11.3. The van der Waals surface area contributed by atoms with Gasteiger partial charge in [0.2, 0.25) is 0 Å². The highest BCUT2D eigenvalue weighted by atomic mass is 35.5. The van der Waals surface area contributed by atoms with Crippen molar-refractivity contribution in [3.8, 4) is 0 Å². The average molecular weight is 343 g/mol. The van der Waals surface area contributed by atoms with Gasteiger partial charge in [-0.2, -0.15) is 11.8 Å². The zero-order chi connectivity index (χ0) is 14.1. The molecule has 0 aromatic carbocycles. The molecule has 5 heteroatoms. The van der Waals surface area contributed by atoms with Crippen molar-refractivity contribution in [1.29, 1.82) is 0 Å². The normalized spacial score (nSPS) is 38.8. The van der Waals surface area contributed by atoms with Crippen molar-refractivity contribution in [3.63, 3.8) is 0 Å². The van der Waals surface area contributed by atoms with E-state index in [-0.39, 0.29) is 16.1 Å². The van der Waals surface area contributed by atoms with Crippen molar-refractivity contribution in [2.24, 2.45) is 0 Å². The first-order valence-corrected chi connectivity index (χ1v) is 9.78. The fraction of sp³-hybridized carbons (Fsp3) is 0.467. The average Bonchev–Trinajstić information content (AvgIpc) is 3.05. The predicted molar refractivity (Wildman–Crippen MR) is 92.5 cm³/mol. The van der Waals surface area contributed by atoms with E-state index in [1.807, 2.05) is 23.5 Å². The third-order valence-corrected chi connectivity index (χ3v) is 9.15. The van der Waals surface area contributed by atoms with Gasteiger partial charge in [0.25, 0.3) is 0 Å². The lowest BCUT2D eigenvalue weighted by Crippen LogP contribution is -2.47. The molecule has 0 spiro atoms. The summed E-state index contributed by atoms with van der Waals surface area (Å²) in [6, 6.07) is 0. The summed E-state index contributed by atoms with van der Waals surface area (Å²) in [4.78, 5) is 1.08. The fourth-order valence-electron chi connectivity index (χ4n) is 3.62. The molecule has 20 heavy (non-hydrogen) atoms. The molecule has 1 saturated heterocycles. The fourth-order valence-corrected chi connectivity index (χ4v) is 8.14. The lowest BCUT2D eigenvalue weighted by atomic mass is 9.72. The second-order valence-corrected chi connectivity index (χ2v) is 10.4. The molecule has 3 aliphatic heterocycles. The van der Waals surface area contributed by atoms with Crippen LogP contribution in [0.1, 0.15) is 13.8 Å². The Morgan fingerprint density at radius 2 is 1.70 bits per heavy atom. The zero-order valence-corrected chi connectivity index (χ0v) is 14.5. The molecule has 0 amide bonds. The Kier molecular flexibility index (Phi) is 3.05. The summed E-state index contributed by atoms with van der Waals surface area (Å²) in [6.45, 7) is 4.76. The van der Waals surface area contributed by atoms with Crippen LogP contribution in [0.3, 0.4) is 0 Å². The maximum atomic E-state index is 9.57. The molecule has 0 saturated carbocycles. The largest absolute Gasteiger partial charge is 0.391 e. The number of halogens is 1. The Hall–Kier alpha value is 0.260. The van der Waals surface area contributed by atoms with Crippen LogP contribution in [-0.4, -0.2) is 32.7 Å². The molecule has 0 aromatic heterocycles. The summed E-state index contributed by atoms with van der Waals surface area (Å²) in [6.07, 6.45) is 4.40. The van der Waals surface area contributed by atoms with E-state index in [1.165, 1.54) is 22.3 Å². The number of hydrogen-bond acceptors (Lipinski definition) is 4. The number of thioether (sulfide) groups is 3. The molecule has 2 atom stereocenters. The maximum absolute atomic E-state index is 9.57. The van der Waals surface area contributed by atoms with Crippen molar-refractivity contribution in [2.45, 2.75) is 23.3 Å². The SMILES string of the molecule is C[C@@]12SC(Cl)=CC1=C1CSCC1=C1C=C(CO)S[C@]12C. The highest BCUT2D eigenvalue weighted by molar-refractivity contribution is 8.10. The van der Waals surface area contributed by atoms with E-state index in [0.717, 1.165) is 20.8 Å². The first kappa shape index (κ1) is 13.9. The Balaban J connectivity index is 2.00. The number of aliphatic hydroxyl groups is 1. The molecule has 106 valence electrons. The number of hydrogen-bond donors (Lipinski definition) is 1. The lowest BCUT2D eigenvalue weighted by molar-refractivity contribution is 0.339. The molecule has 4 aliphatic rings. The van der Waals surface area contributed by atoms with Gasteiger partial charge in [0.05, 0.1) is 20.5 Å². The quantitative estimate of drug-likeness (QED) is 0.765. The monoisotopic (exact) mass is 342 g/mol. The predicted octanol–water partition coefficient (Wildman–Crippen LogP) is 4.31. The van der Waals surface area contributed by atoms with Crippen LogP contribution in [0.15, 0.2) is 43.7 Å². The second kappa shape index (κ2) is 4.39. The standard InChI is InChI=1S/C15H15ClOS3/c1-14-11(3-8(5-17)19-14)9-6-18-7-10(9)12-4-13(16)20-15(12,14)2/h3-4,17H,5-7H2,1-2H3/t14-,15-/m1/s1. The highest BCUT2D eigenvalue weighted by Gasteiger charge is 2.59. The van der Waals surface area contributed by atoms with Crippen molar-refractivity contribution >= 4 is 46.9 Å². The van der Waals surface area contributed by atoms with Crippen LogP contribution in [0.25, 0.3) is 0 Å². The van der Waals surface area contributed by atoms with E-state index in [4.69, 9.17) is 11.6 Å². The van der Waals surface area contributed by atoms with Crippen LogP contribution in [-0.2, 0) is 0 Å². The van der Waals surface area contributed by atoms with E-state index >= 15 is 0 Å². The topological polar surface area (TPSA) is 20.2 Å². The summed E-state index contributed by atoms with van der Waals surface area (Å²) >= 11 is 12.0. The van der Waals surface area contributed by atoms with Gasteiger partial charge in [0.1, 0.15) is 0 Å². The molecule has 1 nitrogen and oxygen atoms in total. The lowest BCUT2D eigenvalue weighted by Gasteiger charge is -2.46. The molecule has 0 unspecified atom stereocenters. The van der Waals surface area contributed by atoms with Crippen molar-refractivity contribution in [2.75, 3.05) is 18.1 Å². The van der Waals surface area contributed by atoms with Crippen molar-refractivity contribution in [1.82, 2.24) is 0 Å². The van der Waals surface area contributed by atoms with Gasteiger partial charge in [-0.15, -0.1) is 23.5 Å². The third-order valence-electron chi connectivity index (χ3n) is 4.80.